The molecule has 0 aliphatic heterocycles. The number of fused-ring (bicyclic) bond motifs is 10. The first-order valence-corrected chi connectivity index (χ1v) is 20.2. The van der Waals surface area contributed by atoms with Gasteiger partial charge in [-0.3, -0.25) is 4.98 Å². The smallest absolute Gasteiger partial charge is 0.0979 e. The molecule has 12 aromatic rings. The van der Waals surface area contributed by atoms with Crippen LogP contribution < -0.4 is 0 Å². The second-order valence-electron chi connectivity index (χ2n) is 15.3. The van der Waals surface area contributed by atoms with E-state index in [4.69, 9.17) is 9.97 Å². The van der Waals surface area contributed by atoms with E-state index in [0.717, 1.165) is 38.6 Å². The second kappa shape index (κ2) is 13.4. The average Bonchev–Trinajstić information content (AvgIpc) is 3.65. The van der Waals surface area contributed by atoms with Gasteiger partial charge in [0.1, 0.15) is 0 Å². The van der Waals surface area contributed by atoms with E-state index in [9.17, 15) is 0 Å². The van der Waals surface area contributed by atoms with E-state index >= 15 is 0 Å². The first kappa shape index (κ1) is 33.3. The van der Waals surface area contributed by atoms with Crippen LogP contribution in [0.5, 0.6) is 0 Å². The molecule has 0 saturated carbocycles. The minimum atomic E-state index is 0.863. The third-order valence-corrected chi connectivity index (χ3v) is 12.0. The van der Waals surface area contributed by atoms with Crippen molar-refractivity contribution in [2.75, 3.05) is 0 Å². The van der Waals surface area contributed by atoms with E-state index < -0.39 is 0 Å². The molecule has 0 aliphatic carbocycles. The molecule has 3 nitrogen and oxygen atoms in total. The van der Waals surface area contributed by atoms with Gasteiger partial charge in [0.15, 0.2) is 0 Å². The predicted molar refractivity (Wildman–Crippen MR) is 248 cm³/mol. The molecule has 0 aliphatic rings. The van der Waals surface area contributed by atoms with Gasteiger partial charge in [0.2, 0.25) is 0 Å². The van der Waals surface area contributed by atoms with Crippen LogP contribution >= 0.6 is 0 Å². The topological polar surface area (TPSA) is 30.7 Å². The molecule has 2 aromatic heterocycles. The Balaban J connectivity index is 0.906. The molecule has 3 heteroatoms. The fourth-order valence-corrected chi connectivity index (χ4v) is 9.27. The fraction of sp³-hybridized carbons (Fsp3) is 0. The first-order chi connectivity index (χ1) is 29.3. The summed E-state index contributed by atoms with van der Waals surface area (Å²) in [6.45, 7) is 0. The summed E-state index contributed by atoms with van der Waals surface area (Å²) in [6, 6.07) is 74.3. The fourth-order valence-electron chi connectivity index (χ4n) is 9.27. The summed E-state index contributed by atoms with van der Waals surface area (Å²) in [5, 5.41) is 9.60. The Morgan fingerprint density at radius 1 is 0.305 bits per heavy atom. The number of benzene rings is 10. The van der Waals surface area contributed by atoms with Gasteiger partial charge >= 0.3 is 0 Å². The van der Waals surface area contributed by atoms with Crippen molar-refractivity contribution in [3.05, 3.63) is 212 Å². The molecule has 10 aromatic carbocycles. The highest BCUT2D eigenvalue weighted by Gasteiger charge is 2.16. The highest BCUT2D eigenvalue weighted by molar-refractivity contribution is 6.23. The third-order valence-electron chi connectivity index (χ3n) is 12.0. The van der Waals surface area contributed by atoms with E-state index in [2.05, 4.69) is 211 Å². The van der Waals surface area contributed by atoms with Gasteiger partial charge in [-0.1, -0.05) is 170 Å². The summed E-state index contributed by atoms with van der Waals surface area (Å²) in [7, 11) is 0. The number of para-hydroxylation sites is 2. The van der Waals surface area contributed by atoms with Gasteiger partial charge < -0.3 is 4.57 Å². The zero-order valence-electron chi connectivity index (χ0n) is 32.0. The average molecular weight is 750 g/mol. The molecule has 0 fully saturated rings. The highest BCUT2D eigenvalue weighted by Crippen LogP contribution is 2.39. The van der Waals surface area contributed by atoms with Gasteiger partial charge in [0.25, 0.3) is 0 Å². The SMILES string of the molecule is c1ccc(-n2c3ccccc3c3cc(-c4ccc(-c5cccc6c(-c7cccc(-c8cnc9c%10ccccc%10c%10ccccc%10c9n8)c7)cccc56)cc4)ccc32)cc1. The van der Waals surface area contributed by atoms with Crippen molar-refractivity contribution in [1.29, 1.82) is 0 Å². The molecule has 0 N–H and O–H groups in total. The van der Waals surface area contributed by atoms with Gasteiger partial charge in [-0.2, -0.15) is 0 Å². The maximum Gasteiger partial charge on any atom is 0.0979 e. The Bertz CT molecular complexity index is 3570. The molecule has 0 spiro atoms. The lowest BCUT2D eigenvalue weighted by Crippen LogP contribution is -1.92. The number of nitrogens with zero attached hydrogens (tertiary/aromatic N) is 3. The summed E-state index contributed by atoms with van der Waals surface area (Å²) in [6.07, 6.45) is 1.93. The monoisotopic (exact) mass is 749 g/mol. The van der Waals surface area contributed by atoms with Crippen LogP contribution in [0.3, 0.4) is 0 Å². The zero-order valence-corrected chi connectivity index (χ0v) is 32.0. The summed E-state index contributed by atoms with van der Waals surface area (Å²) in [5.74, 6) is 0. The zero-order chi connectivity index (χ0) is 38.9. The molecule has 2 heterocycles. The Labute approximate surface area is 341 Å². The van der Waals surface area contributed by atoms with Gasteiger partial charge in [-0.25, -0.2) is 4.98 Å². The molecule has 12 rings (SSSR count). The van der Waals surface area contributed by atoms with Crippen molar-refractivity contribution < 1.29 is 0 Å². The van der Waals surface area contributed by atoms with Crippen LogP contribution in [0, 0.1) is 0 Å². The van der Waals surface area contributed by atoms with Gasteiger partial charge in [-0.15, -0.1) is 0 Å². The first-order valence-electron chi connectivity index (χ1n) is 20.2. The van der Waals surface area contributed by atoms with Crippen LogP contribution in [0.25, 0.3) is 115 Å². The van der Waals surface area contributed by atoms with Crippen LogP contribution in [0.4, 0.5) is 0 Å². The summed E-state index contributed by atoms with van der Waals surface area (Å²) < 4.78 is 2.36. The lowest BCUT2D eigenvalue weighted by atomic mass is 9.91. The number of aromatic nitrogens is 3. The third kappa shape index (κ3) is 5.36. The Kier molecular flexibility index (Phi) is 7.54. The highest BCUT2D eigenvalue weighted by atomic mass is 15.0. The predicted octanol–water partition coefficient (Wildman–Crippen LogP) is 14.9. The standard InChI is InChI=1S/C56H35N3/c1-2-15-41(16-3-1)59-53-26-9-8-19-48(53)51-34-38(31-32-54(51)59)36-27-29-37(30-28-36)42-22-11-25-45-43(23-12-24-44(42)45)39-13-10-14-40(33-39)52-35-57-55-49-20-6-4-17-46(49)47-18-5-7-21-50(47)56(55)58-52/h1-35H. The Morgan fingerprint density at radius 3 is 1.59 bits per heavy atom. The molecular formula is C56H35N3. The molecular weight excluding hydrogens is 715 g/mol. The van der Waals surface area contributed by atoms with Crippen LogP contribution in [0.15, 0.2) is 212 Å². The minimum Gasteiger partial charge on any atom is -0.309 e. The lowest BCUT2D eigenvalue weighted by molar-refractivity contribution is 1.18. The van der Waals surface area contributed by atoms with E-state index in [1.807, 2.05) is 6.20 Å². The summed E-state index contributed by atoms with van der Waals surface area (Å²) in [4.78, 5) is 10.3. The lowest BCUT2D eigenvalue weighted by Gasteiger charge is -2.13. The quantitative estimate of drug-likeness (QED) is 0.164. The molecule has 0 unspecified atom stereocenters. The minimum absolute atomic E-state index is 0.863. The number of rotatable bonds is 5. The molecule has 274 valence electrons. The van der Waals surface area contributed by atoms with E-state index in [0.29, 0.717) is 0 Å². The Morgan fingerprint density at radius 2 is 0.847 bits per heavy atom. The summed E-state index contributed by atoms with van der Waals surface area (Å²) >= 11 is 0. The maximum atomic E-state index is 5.28. The molecule has 0 radical (unpaired) electrons. The van der Waals surface area contributed by atoms with E-state index in [1.54, 1.807) is 0 Å². The van der Waals surface area contributed by atoms with E-state index in [-0.39, 0.29) is 0 Å². The molecule has 59 heavy (non-hydrogen) atoms. The van der Waals surface area contributed by atoms with Crippen molar-refractivity contribution in [3.63, 3.8) is 0 Å². The number of hydrogen-bond donors (Lipinski definition) is 0. The molecule has 0 atom stereocenters. The largest absolute Gasteiger partial charge is 0.309 e. The van der Waals surface area contributed by atoms with Gasteiger partial charge in [0, 0.05) is 32.8 Å². The molecule has 0 saturated heterocycles. The number of hydrogen-bond acceptors (Lipinski definition) is 2. The van der Waals surface area contributed by atoms with Crippen LogP contribution in [0.2, 0.25) is 0 Å². The van der Waals surface area contributed by atoms with E-state index in [1.165, 1.54) is 76.9 Å². The second-order valence-corrected chi connectivity index (χ2v) is 15.3. The molecule has 0 amide bonds. The maximum absolute atomic E-state index is 5.28. The summed E-state index contributed by atoms with van der Waals surface area (Å²) in [5.41, 5.74) is 14.5. The van der Waals surface area contributed by atoms with Crippen LogP contribution in [0.1, 0.15) is 0 Å². The molecule has 0 bridgehead atoms. The van der Waals surface area contributed by atoms with Crippen LogP contribution in [-0.4, -0.2) is 14.5 Å². The normalized spacial score (nSPS) is 11.7. The van der Waals surface area contributed by atoms with Crippen LogP contribution in [-0.2, 0) is 0 Å². The van der Waals surface area contributed by atoms with Gasteiger partial charge in [0.05, 0.1) is 34.0 Å². The van der Waals surface area contributed by atoms with Crippen molar-refractivity contribution in [2.24, 2.45) is 0 Å². The van der Waals surface area contributed by atoms with Crippen molar-refractivity contribution >= 4 is 65.2 Å². The van der Waals surface area contributed by atoms with Crippen molar-refractivity contribution in [3.8, 4) is 50.3 Å². The van der Waals surface area contributed by atoms with Crippen molar-refractivity contribution in [2.45, 2.75) is 0 Å². The van der Waals surface area contributed by atoms with Gasteiger partial charge in [-0.05, 0) is 91.3 Å². The van der Waals surface area contributed by atoms with Crippen molar-refractivity contribution in [1.82, 2.24) is 14.5 Å². The Hall–Kier alpha value is -7.88.